The Hall–Kier alpha value is -1.75. The lowest BCUT2D eigenvalue weighted by Gasteiger charge is -2.25. The minimum Gasteiger partial charge on any atom is -0.324 e. The van der Waals surface area contributed by atoms with E-state index in [0.29, 0.717) is 12.8 Å². The summed E-state index contributed by atoms with van der Waals surface area (Å²) in [5.41, 5.74) is 1.93. The third-order valence-electron chi connectivity index (χ3n) is 3.25. The van der Waals surface area contributed by atoms with Crippen molar-refractivity contribution >= 4 is 26.2 Å². The van der Waals surface area contributed by atoms with Crippen molar-refractivity contribution in [3.05, 3.63) is 35.9 Å². The first kappa shape index (κ1) is 14.7. The summed E-state index contributed by atoms with van der Waals surface area (Å²) in [6.45, 7) is 5.13. The second kappa shape index (κ2) is 6.61. The van der Waals surface area contributed by atoms with Gasteiger partial charge in [-0.1, -0.05) is 43.4 Å². The number of hydrazone groups is 1. The van der Waals surface area contributed by atoms with Gasteiger partial charge in [0.1, 0.15) is 11.6 Å². The summed E-state index contributed by atoms with van der Waals surface area (Å²) in [4.78, 5) is 23.0. The van der Waals surface area contributed by atoms with E-state index < -0.39 is 8.96 Å². The molecule has 1 fully saturated rings. The van der Waals surface area contributed by atoms with Crippen molar-refractivity contribution < 1.29 is 9.59 Å². The highest BCUT2D eigenvalue weighted by atomic mass is 28.3. The molecule has 106 valence electrons. The first-order valence-corrected chi connectivity index (χ1v) is 9.77. The number of benzene rings is 1. The SMILES string of the molecule is C[SiH](C)N(Cc1ccccc1)N=C1CC(=O)CC(=O)C1. The van der Waals surface area contributed by atoms with Gasteiger partial charge in [-0.2, -0.15) is 5.10 Å². The van der Waals surface area contributed by atoms with Crippen LogP contribution in [0.1, 0.15) is 24.8 Å². The van der Waals surface area contributed by atoms with Crippen LogP contribution >= 0.6 is 0 Å². The molecule has 0 bridgehead atoms. The van der Waals surface area contributed by atoms with Crippen LogP contribution < -0.4 is 0 Å². The summed E-state index contributed by atoms with van der Waals surface area (Å²) < 4.78 is 2.08. The summed E-state index contributed by atoms with van der Waals surface area (Å²) >= 11 is 0. The van der Waals surface area contributed by atoms with Gasteiger partial charge in [0, 0.05) is 12.8 Å². The highest BCUT2D eigenvalue weighted by molar-refractivity contribution is 6.52. The van der Waals surface area contributed by atoms with Crippen molar-refractivity contribution in [1.82, 2.24) is 4.67 Å². The lowest BCUT2D eigenvalue weighted by atomic mass is 9.96. The molecule has 20 heavy (non-hydrogen) atoms. The average molecular weight is 288 g/mol. The van der Waals surface area contributed by atoms with E-state index in [1.807, 2.05) is 18.2 Å². The van der Waals surface area contributed by atoms with Crippen LogP contribution in [0, 0.1) is 0 Å². The highest BCUT2D eigenvalue weighted by Gasteiger charge is 2.22. The minimum absolute atomic E-state index is 0.00918. The fourth-order valence-corrected chi connectivity index (χ4v) is 3.19. The summed E-state index contributed by atoms with van der Waals surface area (Å²) in [6.07, 6.45) is 0.743. The second-order valence-electron chi connectivity index (χ2n) is 5.45. The number of hydrogen-bond acceptors (Lipinski definition) is 4. The van der Waals surface area contributed by atoms with Gasteiger partial charge in [0.25, 0.3) is 0 Å². The van der Waals surface area contributed by atoms with Crippen LogP contribution in [0.5, 0.6) is 0 Å². The molecule has 0 aliphatic heterocycles. The zero-order chi connectivity index (χ0) is 14.5. The maximum atomic E-state index is 11.5. The molecule has 0 saturated heterocycles. The van der Waals surface area contributed by atoms with Gasteiger partial charge >= 0.3 is 0 Å². The summed E-state index contributed by atoms with van der Waals surface area (Å²) in [5, 5.41) is 4.60. The zero-order valence-electron chi connectivity index (χ0n) is 12.0. The van der Waals surface area contributed by atoms with Gasteiger partial charge in [-0.15, -0.1) is 0 Å². The van der Waals surface area contributed by atoms with E-state index in [-0.39, 0.29) is 18.0 Å². The number of carbonyl (C=O) groups excluding carboxylic acids is 2. The molecule has 0 N–H and O–H groups in total. The lowest BCUT2D eigenvalue weighted by Crippen LogP contribution is -2.32. The van der Waals surface area contributed by atoms with E-state index in [0.717, 1.165) is 12.3 Å². The normalized spacial score (nSPS) is 15.7. The predicted molar refractivity (Wildman–Crippen MR) is 82.2 cm³/mol. The van der Waals surface area contributed by atoms with Gasteiger partial charge in [0.2, 0.25) is 0 Å². The van der Waals surface area contributed by atoms with E-state index in [1.54, 1.807) is 0 Å². The van der Waals surface area contributed by atoms with E-state index in [4.69, 9.17) is 0 Å². The molecule has 0 radical (unpaired) electrons. The van der Waals surface area contributed by atoms with Crippen molar-refractivity contribution in [1.29, 1.82) is 0 Å². The molecule has 1 aromatic rings. The third kappa shape index (κ3) is 4.13. The molecular formula is C15H20N2O2Si. The Bertz CT molecular complexity index is 508. The molecule has 1 aliphatic rings. The number of carbonyl (C=O) groups is 2. The molecule has 1 saturated carbocycles. The third-order valence-corrected chi connectivity index (χ3v) is 4.74. The predicted octanol–water partition coefficient (Wildman–Crippen LogP) is 2.15. The summed E-state index contributed by atoms with van der Waals surface area (Å²) in [7, 11) is -1.14. The van der Waals surface area contributed by atoms with E-state index >= 15 is 0 Å². The fourth-order valence-electron chi connectivity index (χ4n) is 2.22. The summed E-state index contributed by atoms with van der Waals surface area (Å²) in [5.74, 6) is -0.0184. The Morgan fingerprint density at radius 1 is 1.05 bits per heavy atom. The van der Waals surface area contributed by atoms with Gasteiger partial charge in [0.05, 0.1) is 18.7 Å². The average Bonchev–Trinajstić information content (AvgIpc) is 2.38. The van der Waals surface area contributed by atoms with Crippen LogP contribution in [0.2, 0.25) is 13.1 Å². The zero-order valence-corrected chi connectivity index (χ0v) is 13.2. The molecule has 5 heteroatoms. The quantitative estimate of drug-likeness (QED) is 0.484. The summed E-state index contributed by atoms with van der Waals surface area (Å²) in [6, 6.07) is 10.2. The van der Waals surface area contributed by atoms with Crippen LogP contribution in [-0.2, 0) is 16.1 Å². The number of Topliss-reactive ketones (excluding diaryl/α,β-unsaturated/α-hetero) is 2. The molecule has 0 heterocycles. The standard InChI is InChI=1S/C15H20N2O2Si/c1-20(2)17(11-12-6-4-3-5-7-12)16-13-8-14(18)10-15(19)9-13/h3-7,20H,8-11H2,1-2H3. The Morgan fingerprint density at radius 2 is 1.65 bits per heavy atom. The smallest absolute Gasteiger partial charge is 0.157 e. The maximum absolute atomic E-state index is 11.5. The Balaban J connectivity index is 2.13. The fraction of sp³-hybridized carbons (Fsp3) is 0.400. The molecule has 1 aromatic carbocycles. The first-order chi connectivity index (χ1) is 9.54. The van der Waals surface area contributed by atoms with Gasteiger partial charge in [-0.25, -0.2) is 0 Å². The van der Waals surface area contributed by atoms with Crippen LogP contribution in [0.25, 0.3) is 0 Å². The Kier molecular flexibility index (Phi) is 4.84. The van der Waals surface area contributed by atoms with Gasteiger partial charge in [-0.05, 0) is 5.56 Å². The number of rotatable bonds is 4. The van der Waals surface area contributed by atoms with Gasteiger partial charge in [0.15, 0.2) is 8.96 Å². The first-order valence-electron chi connectivity index (χ1n) is 6.95. The number of nitrogens with zero attached hydrogens (tertiary/aromatic N) is 2. The molecule has 1 aliphatic carbocycles. The molecule has 0 unspecified atom stereocenters. The number of ketones is 2. The number of hydrogen-bond donors (Lipinski definition) is 0. The van der Waals surface area contributed by atoms with Crippen LogP contribution in [0.4, 0.5) is 0 Å². The highest BCUT2D eigenvalue weighted by Crippen LogP contribution is 2.13. The van der Waals surface area contributed by atoms with E-state index in [1.165, 1.54) is 5.56 Å². The van der Waals surface area contributed by atoms with Crippen molar-refractivity contribution in [2.75, 3.05) is 0 Å². The van der Waals surface area contributed by atoms with Crippen molar-refractivity contribution in [3.8, 4) is 0 Å². The lowest BCUT2D eigenvalue weighted by molar-refractivity contribution is -0.126. The molecule has 0 atom stereocenters. The molecular weight excluding hydrogens is 268 g/mol. The topological polar surface area (TPSA) is 49.7 Å². The Labute approximate surface area is 121 Å². The minimum atomic E-state index is -1.14. The molecule has 0 aromatic heterocycles. The van der Waals surface area contributed by atoms with Crippen LogP contribution in [-0.4, -0.2) is 30.9 Å². The molecule has 2 rings (SSSR count). The van der Waals surface area contributed by atoms with E-state index in [9.17, 15) is 9.59 Å². The monoisotopic (exact) mass is 288 g/mol. The molecule has 4 nitrogen and oxygen atoms in total. The van der Waals surface area contributed by atoms with Crippen molar-refractivity contribution in [2.45, 2.75) is 38.9 Å². The van der Waals surface area contributed by atoms with E-state index in [2.05, 4.69) is 35.0 Å². The molecule has 0 amide bonds. The van der Waals surface area contributed by atoms with Gasteiger partial charge in [-0.3, -0.25) is 9.59 Å². The van der Waals surface area contributed by atoms with Crippen LogP contribution in [0.3, 0.4) is 0 Å². The molecule has 0 spiro atoms. The second-order valence-corrected chi connectivity index (χ2v) is 8.23. The van der Waals surface area contributed by atoms with Crippen molar-refractivity contribution in [3.63, 3.8) is 0 Å². The Morgan fingerprint density at radius 3 is 2.20 bits per heavy atom. The maximum Gasteiger partial charge on any atom is 0.157 e. The largest absolute Gasteiger partial charge is 0.324 e. The van der Waals surface area contributed by atoms with Gasteiger partial charge < -0.3 is 4.67 Å². The van der Waals surface area contributed by atoms with Crippen molar-refractivity contribution in [2.24, 2.45) is 5.10 Å². The van der Waals surface area contributed by atoms with Crippen LogP contribution in [0.15, 0.2) is 35.4 Å².